The molecule has 0 aliphatic carbocycles. The Balaban J connectivity index is 1.43. The number of amides is 1. The first kappa shape index (κ1) is 20.7. The van der Waals surface area contributed by atoms with Crippen LogP contribution in [0.5, 0.6) is 0 Å². The van der Waals surface area contributed by atoms with E-state index in [1.54, 1.807) is 24.1 Å². The van der Waals surface area contributed by atoms with E-state index in [-0.39, 0.29) is 12.0 Å². The molecule has 27 heavy (non-hydrogen) atoms. The van der Waals surface area contributed by atoms with Crippen molar-refractivity contribution in [3.8, 4) is 0 Å². The molecule has 1 unspecified atom stereocenters. The number of carbonyl (C=O) groups excluding carboxylic acids is 1. The summed E-state index contributed by atoms with van der Waals surface area (Å²) in [5.74, 6) is 0.313. The Morgan fingerprint density at radius 2 is 2.26 bits per heavy atom. The minimum Gasteiger partial charge on any atom is -0.376 e. The Kier molecular flexibility index (Phi) is 7.60. The highest BCUT2D eigenvalue weighted by atomic mass is 35.5. The summed E-state index contributed by atoms with van der Waals surface area (Å²) < 4.78 is 6.34. The van der Waals surface area contributed by atoms with E-state index in [0.717, 1.165) is 41.0 Å². The van der Waals surface area contributed by atoms with Crippen LogP contribution in [0.4, 0.5) is 5.13 Å². The van der Waals surface area contributed by atoms with E-state index in [9.17, 15) is 4.79 Å². The van der Waals surface area contributed by atoms with Crippen molar-refractivity contribution in [1.29, 1.82) is 0 Å². The molecule has 0 bridgehead atoms. The van der Waals surface area contributed by atoms with Crippen LogP contribution >= 0.6 is 46.3 Å². The average Bonchev–Trinajstić information content (AvgIpc) is 3.32. The van der Waals surface area contributed by atoms with E-state index >= 15 is 0 Å². The molecule has 2 heterocycles. The Morgan fingerprint density at radius 1 is 1.41 bits per heavy atom. The standard InChI is InChI=1S/C17H20Cl2N4O2S2/c1-23(9-11-4-5-13(18)14(19)7-11)15(24)10-26-17-22-21-16(27-17)20-8-12-3-2-6-25-12/h4-5,7,12H,2-3,6,8-10H2,1H3,(H,20,21). The number of nitrogens with zero attached hydrogens (tertiary/aromatic N) is 3. The zero-order chi connectivity index (χ0) is 19.2. The molecule has 0 spiro atoms. The molecule has 1 fully saturated rings. The zero-order valence-corrected chi connectivity index (χ0v) is 17.9. The van der Waals surface area contributed by atoms with E-state index in [4.69, 9.17) is 27.9 Å². The maximum Gasteiger partial charge on any atom is 0.233 e. The predicted molar refractivity (Wildman–Crippen MR) is 111 cm³/mol. The smallest absolute Gasteiger partial charge is 0.233 e. The van der Waals surface area contributed by atoms with E-state index in [1.807, 2.05) is 6.07 Å². The first-order valence-corrected chi connectivity index (χ1v) is 11.1. The molecule has 1 aromatic carbocycles. The molecule has 1 amide bonds. The largest absolute Gasteiger partial charge is 0.376 e. The molecule has 1 aliphatic rings. The minimum absolute atomic E-state index is 0.00939. The van der Waals surface area contributed by atoms with Gasteiger partial charge in [0.2, 0.25) is 11.0 Å². The number of hydrogen-bond donors (Lipinski definition) is 1. The molecular formula is C17H20Cl2N4O2S2. The van der Waals surface area contributed by atoms with Gasteiger partial charge in [0.15, 0.2) is 4.34 Å². The summed E-state index contributed by atoms with van der Waals surface area (Å²) in [6.45, 7) is 2.05. The molecule has 0 radical (unpaired) electrons. The maximum atomic E-state index is 12.3. The maximum absolute atomic E-state index is 12.3. The first-order valence-electron chi connectivity index (χ1n) is 8.51. The number of thioether (sulfide) groups is 1. The number of halogens is 2. The number of aromatic nitrogens is 2. The van der Waals surface area contributed by atoms with Gasteiger partial charge in [0, 0.05) is 26.7 Å². The number of rotatable bonds is 8. The van der Waals surface area contributed by atoms with Gasteiger partial charge in [0.25, 0.3) is 0 Å². The molecule has 3 rings (SSSR count). The van der Waals surface area contributed by atoms with Crippen LogP contribution in [0.15, 0.2) is 22.5 Å². The number of nitrogens with one attached hydrogen (secondary N) is 1. The molecule has 10 heteroatoms. The second kappa shape index (κ2) is 9.93. The minimum atomic E-state index is 0.00939. The highest BCUT2D eigenvalue weighted by molar-refractivity contribution is 8.01. The lowest BCUT2D eigenvalue weighted by Crippen LogP contribution is -2.27. The molecule has 6 nitrogen and oxygen atoms in total. The average molecular weight is 447 g/mol. The summed E-state index contributed by atoms with van der Waals surface area (Å²) >= 11 is 14.8. The van der Waals surface area contributed by atoms with Crippen molar-refractivity contribution >= 4 is 57.3 Å². The van der Waals surface area contributed by atoms with Crippen molar-refractivity contribution in [2.24, 2.45) is 0 Å². The Morgan fingerprint density at radius 3 is 3.00 bits per heavy atom. The van der Waals surface area contributed by atoms with E-state index in [2.05, 4.69) is 15.5 Å². The van der Waals surface area contributed by atoms with Gasteiger partial charge < -0.3 is 15.0 Å². The van der Waals surface area contributed by atoms with Crippen LogP contribution in [-0.4, -0.2) is 53.1 Å². The number of hydrogen-bond acceptors (Lipinski definition) is 7. The third kappa shape index (κ3) is 6.22. The van der Waals surface area contributed by atoms with Crippen molar-refractivity contribution < 1.29 is 9.53 Å². The van der Waals surface area contributed by atoms with Gasteiger partial charge in [-0.25, -0.2) is 0 Å². The topological polar surface area (TPSA) is 67.4 Å². The van der Waals surface area contributed by atoms with E-state index in [1.165, 1.54) is 23.1 Å². The molecular weight excluding hydrogens is 427 g/mol. The SMILES string of the molecule is CN(Cc1ccc(Cl)c(Cl)c1)C(=O)CSc1nnc(NCC2CCCO2)s1. The second-order valence-electron chi connectivity index (χ2n) is 6.18. The van der Waals surface area contributed by atoms with Gasteiger partial charge in [-0.3, -0.25) is 4.79 Å². The van der Waals surface area contributed by atoms with Gasteiger partial charge in [-0.1, -0.05) is 52.4 Å². The van der Waals surface area contributed by atoms with Gasteiger partial charge in [0.05, 0.1) is 21.9 Å². The summed E-state index contributed by atoms with van der Waals surface area (Å²) in [6, 6.07) is 5.37. The zero-order valence-electron chi connectivity index (χ0n) is 14.8. The van der Waals surface area contributed by atoms with Gasteiger partial charge >= 0.3 is 0 Å². The fraction of sp³-hybridized carbons (Fsp3) is 0.471. The lowest BCUT2D eigenvalue weighted by Gasteiger charge is -2.17. The molecule has 1 aliphatic heterocycles. The van der Waals surface area contributed by atoms with Crippen molar-refractivity contribution in [3.63, 3.8) is 0 Å². The van der Waals surface area contributed by atoms with Gasteiger partial charge in [-0.2, -0.15) is 0 Å². The summed E-state index contributed by atoms with van der Waals surface area (Å²) in [7, 11) is 1.76. The summed E-state index contributed by atoms with van der Waals surface area (Å²) in [4.78, 5) is 14.0. The summed E-state index contributed by atoms with van der Waals surface area (Å²) in [5, 5.41) is 13.2. The first-order chi connectivity index (χ1) is 13.0. The van der Waals surface area contributed by atoms with Crippen LogP contribution in [0.1, 0.15) is 18.4 Å². The number of benzene rings is 1. The Bertz CT molecular complexity index is 784. The van der Waals surface area contributed by atoms with Crippen LogP contribution in [-0.2, 0) is 16.1 Å². The molecule has 1 N–H and O–H groups in total. The monoisotopic (exact) mass is 446 g/mol. The highest BCUT2D eigenvalue weighted by Gasteiger charge is 2.16. The molecule has 1 saturated heterocycles. The third-order valence-electron chi connectivity index (χ3n) is 4.06. The van der Waals surface area contributed by atoms with E-state index < -0.39 is 0 Å². The lowest BCUT2D eigenvalue weighted by molar-refractivity contribution is -0.127. The Labute approximate surface area is 176 Å². The number of carbonyl (C=O) groups is 1. The highest BCUT2D eigenvalue weighted by Crippen LogP contribution is 2.27. The van der Waals surface area contributed by atoms with Crippen LogP contribution in [0.3, 0.4) is 0 Å². The van der Waals surface area contributed by atoms with Crippen LogP contribution < -0.4 is 5.32 Å². The fourth-order valence-corrected chi connectivity index (χ4v) is 4.60. The van der Waals surface area contributed by atoms with Crippen molar-refractivity contribution in [2.45, 2.75) is 29.8 Å². The van der Waals surface area contributed by atoms with Gasteiger partial charge in [0.1, 0.15) is 0 Å². The molecule has 1 atom stereocenters. The normalized spacial score (nSPS) is 16.5. The van der Waals surface area contributed by atoms with Crippen LogP contribution in [0.25, 0.3) is 0 Å². The van der Waals surface area contributed by atoms with E-state index in [0.29, 0.717) is 22.3 Å². The van der Waals surface area contributed by atoms with Gasteiger partial charge in [-0.05, 0) is 30.5 Å². The molecule has 2 aromatic rings. The fourth-order valence-electron chi connectivity index (χ4n) is 2.58. The van der Waals surface area contributed by atoms with Crippen LogP contribution in [0.2, 0.25) is 10.0 Å². The van der Waals surface area contributed by atoms with Crippen molar-refractivity contribution in [3.05, 3.63) is 33.8 Å². The summed E-state index contributed by atoms with van der Waals surface area (Å²) in [6.07, 6.45) is 2.44. The molecule has 0 saturated carbocycles. The van der Waals surface area contributed by atoms with Crippen LogP contribution in [0, 0.1) is 0 Å². The predicted octanol–water partition coefficient (Wildman–Crippen LogP) is 4.19. The molecule has 146 valence electrons. The quantitative estimate of drug-likeness (QED) is 0.613. The Hall–Kier alpha value is -1.06. The number of ether oxygens (including phenoxy) is 1. The van der Waals surface area contributed by atoms with Gasteiger partial charge in [-0.15, -0.1) is 10.2 Å². The number of anilines is 1. The lowest BCUT2D eigenvalue weighted by atomic mass is 10.2. The van der Waals surface area contributed by atoms with Crippen molar-refractivity contribution in [2.75, 3.05) is 31.3 Å². The second-order valence-corrected chi connectivity index (χ2v) is 9.19. The molecule has 1 aromatic heterocycles. The third-order valence-corrected chi connectivity index (χ3v) is 6.80. The van der Waals surface area contributed by atoms with Crippen molar-refractivity contribution in [1.82, 2.24) is 15.1 Å². The summed E-state index contributed by atoms with van der Waals surface area (Å²) in [5.41, 5.74) is 0.932.